The molecule has 1 aliphatic heterocycles. The molecule has 1 saturated heterocycles. The SMILES string of the molecule is Cn1cnc(N2CCCC(COc3nccs3)C2)cc1=O. The van der Waals surface area contributed by atoms with Crippen LogP contribution in [-0.2, 0) is 7.05 Å². The van der Waals surface area contributed by atoms with E-state index in [1.54, 1.807) is 25.6 Å². The topological polar surface area (TPSA) is 60.3 Å². The molecule has 3 rings (SSSR count). The monoisotopic (exact) mass is 306 g/mol. The quantitative estimate of drug-likeness (QED) is 0.857. The maximum Gasteiger partial charge on any atom is 0.273 e. The highest BCUT2D eigenvalue weighted by atomic mass is 32.1. The summed E-state index contributed by atoms with van der Waals surface area (Å²) >= 11 is 1.51. The second-order valence-corrected chi connectivity index (χ2v) is 6.12. The van der Waals surface area contributed by atoms with Crippen LogP contribution in [-0.4, -0.2) is 34.2 Å². The van der Waals surface area contributed by atoms with Gasteiger partial charge in [0.1, 0.15) is 5.82 Å². The smallest absolute Gasteiger partial charge is 0.273 e. The first-order chi connectivity index (χ1) is 10.2. The Morgan fingerprint density at radius 1 is 1.48 bits per heavy atom. The molecule has 2 aromatic heterocycles. The van der Waals surface area contributed by atoms with Gasteiger partial charge in [0.05, 0.1) is 12.9 Å². The Labute approximate surface area is 127 Å². The molecule has 1 fully saturated rings. The van der Waals surface area contributed by atoms with E-state index in [1.165, 1.54) is 15.9 Å². The summed E-state index contributed by atoms with van der Waals surface area (Å²) in [4.78, 5) is 22.3. The van der Waals surface area contributed by atoms with E-state index in [4.69, 9.17) is 4.74 Å². The molecule has 0 aliphatic carbocycles. The summed E-state index contributed by atoms with van der Waals surface area (Å²) in [5.41, 5.74) is -0.0267. The van der Waals surface area contributed by atoms with E-state index < -0.39 is 0 Å². The second-order valence-electron chi connectivity index (χ2n) is 5.26. The summed E-state index contributed by atoms with van der Waals surface area (Å²) < 4.78 is 7.19. The molecule has 0 amide bonds. The number of hydrogen-bond acceptors (Lipinski definition) is 6. The van der Waals surface area contributed by atoms with Crippen LogP contribution in [0, 0.1) is 5.92 Å². The molecule has 0 N–H and O–H groups in total. The van der Waals surface area contributed by atoms with Crippen molar-refractivity contribution in [3.63, 3.8) is 0 Å². The fourth-order valence-electron chi connectivity index (χ4n) is 2.51. The molecule has 21 heavy (non-hydrogen) atoms. The summed E-state index contributed by atoms with van der Waals surface area (Å²) in [7, 11) is 1.71. The van der Waals surface area contributed by atoms with E-state index in [1.807, 2.05) is 5.38 Å². The molecule has 7 heteroatoms. The predicted octanol–water partition coefficient (Wildman–Crippen LogP) is 1.53. The van der Waals surface area contributed by atoms with Crippen LogP contribution in [0.4, 0.5) is 5.82 Å². The van der Waals surface area contributed by atoms with Crippen molar-refractivity contribution >= 4 is 17.2 Å². The fourth-order valence-corrected chi connectivity index (χ4v) is 3.00. The molecule has 1 unspecified atom stereocenters. The minimum atomic E-state index is -0.0267. The Morgan fingerprint density at radius 3 is 3.14 bits per heavy atom. The zero-order valence-electron chi connectivity index (χ0n) is 11.9. The number of hydrogen-bond donors (Lipinski definition) is 0. The standard InChI is InChI=1S/C14H18N4O2S/c1-17-10-16-12(7-13(17)19)18-5-2-3-11(8-18)9-20-14-15-4-6-21-14/h4,6-7,10-11H,2-3,5,8-9H2,1H3. The lowest BCUT2D eigenvalue weighted by Gasteiger charge is -2.33. The average molecular weight is 306 g/mol. The van der Waals surface area contributed by atoms with Crippen LogP contribution >= 0.6 is 11.3 Å². The van der Waals surface area contributed by atoms with Gasteiger partial charge in [0.25, 0.3) is 10.8 Å². The van der Waals surface area contributed by atoms with Crippen molar-refractivity contribution in [2.45, 2.75) is 12.8 Å². The summed E-state index contributed by atoms with van der Waals surface area (Å²) in [6, 6.07) is 1.60. The second kappa shape index (κ2) is 6.26. The van der Waals surface area contributed by atoms with E-state index in [0.29, 0.717) is 12.5 Å². The molecule has 3 heterocycles. The summed E-state index contributed by atoms with van der Waals surface area (Å²) in [5.74, 6) is 1.20. The third-order valence-corrected chi connectivity index (χ3v) is 4.34. The Morgan fingerprint density at radius 2 is 2.38 bits per heavy atom. The zero-order chi connectivity index (χ0) is 14.7. The van der Waals surface area contributed by atoms with Gasteiger partial charge in [0, 0.05) is 43.7 Å². The van der Waals surface area contributed by atoms with Crippen LogP contribution in [0.1, 0.15) is 12.8 Å². The predicted molar refractivity (Wildman–Crippen MR) is 82.0 cm³/mol. The normalized spacial score (nSPS) is 18.7. The molecular weight excluding hydrogens is 288 g/mol. The number of aryl methyl sites for hydroxylation is 1. The molecule has 0 bridgehead atoms. The van der Waals surface area contributed by atoms with Crippen molar-refractivity contribution in [1.29, 1.82) is 0 Å². The van der Waals surface area contributed by atoms with Gasteiger partial charge in [0.15, 0.2) is 0 Å². The van der Waals surface area contributed by atoms with Gasteiger partial charge in [-0.2, -0.15) is 0 Å². The van der Waals surface area contributed by atoms with E-state index in [-0.39, 0.29) is 5.56 Å². The van der Waals surface area contributed by atoms with Crippen LogP contribution in [0.15, 0.2) is 28.8 Å². The van der Waals surface area contributed by atoms with Gasteiger partial charge in [-0.25, -0.2) is 9.97 Å². The molecule has 1 atom stereocenters. The number of piperidine rings is 1. The van der Waals surface area contributed by atoms with E-state index in [2.05, 4.69) is 14.9 Å². The maximum atomic E-state index is 11.7. The van der Waals surface area contributed by atoms with Gasteiger partial charge >= 0.3 is 0 Å². The summed E-state index contributed by atoms with van der Waals surface area (Å²) in [5, 5.41) is 2.63. The zero-order valence-corrected chi connectivity index (χ0v) is 12.8. The van der Waals surface area contributed by atoms with Crippen molar-refractivity contribution in [1.82, 2.24) is 14.5 Å². The highest BCUT2D eigenvalue weighted by molar-refractivity contribution is 7.11. The average Bonchev–Trinajstić information content (AvgIpc) is 3.02. The van der Waals surface area contributed by atoms with E-state index in [9.17, 15) is 4.79 Å². The Kier molecular flexibility index (Phi) is 4.19. The van der Waals surface area contributed by atoms with Crippen molar-refractivity contribution in [3.8, 4) is 5.19 Å². The van der Waals surface area contributed by atoms with Gasteiger partial charge in [-0.3, -0.25) is 4.79 Å². The molecule has 0 aromatic carbocycles. The number of thiazole rings is 1. The summed E-state index contributed by atoms with van der Waals surface area (Å²) in [6.07, 6.45) is 5.54. The van der Waals surface area contributed by atoms with Crippen LogP contribution in [0.5, 0.6) is 5.19 Å². The Bertz CT molecular complexity index is 641. The van der Waals surface area contributed by atoms with E-state index in [0.717, 1.165) is 36.9 Å². The molecular formula is C14H18N4O2S. The van der Waals surface area contributed by atoms with Crippen LogP contribution < -0.4 is 15.2 Å². The number of nitrogens with zero attached hydrogens (tertiary/aromatic N) is 4. The van der Waals surface area contributed by atoms with Gasteiger partial charge < -0.3 is 14.2 Å². The van der Waals surface area contributed by atoms with Crippen molar-refractivity contribution < 1.29 is 4.74 Å². The maximum absolute atomic E-state index is 11.7. The first-order valence-electron chi connectivity index (χ1n) is 7.02. The highest BCUT2D eigenvalue weighted by Crippen LogP contribution is 2.22. The molecule has 1 aliphatic rings. The largest absolute Gasteiger partial charge is 0.470 e. The molecule has 0 saturated carbocycles. The van der Waals surface area contributed by atoms with Crippen molar-refractivity contribution in [2.75, 3.05) is 24.6 Å². The van der Waals surface area contributed by atoms with Gasteiger partial charge in [-0.05, 0) is 12.8 Å². The third kappa shape index (κ3) is 3.41. The third-order valence-electron chi connectivity index (χ3n) is 3.66. The Balaban J connectivity index is 1.62. The highest BCUT2D eigenvalue weighted by Gasteiger charge is 2.22. The molecule has 2 aromatic rings. The first-order valence-corrected chi connectivity index (χ1v) is 7.90. The van der Waals surface area contributed by atoms with Crippen LogP contribution in [0.3, 0.4) is 0 Å². The van der Waals surface area contributed by atoms with Crippen LogP contribution in [0.25, 0.3) is 0 Å². The summed E-state index contributed by atoms with van der Waals surface area (Å²) in [6.45, 7) is 2.47. The molecule has 112 valence electrons. The van der Waals surface area contributed by atoms with Gasteiger partial charge in [-0.1, -0.05) is 11.3 Å². The molecule has 0 radical (unpaired) electrons. The minimum Gasteiger partial charge on any atom is -0.470 e. The Hall–Kier alpha value is -1.89. The number of ether oxygens (including phenoxy) is 1. The van der Waals surface area contributed by atoms with Crippen molar-refractivity contribution in [2.24, 2.45) is 13.0 Å². The minimum absolute atomic E-state index is 0.0267. The lowest BCUT2D eigenvalue weighted by molar-refractivity contribution is 0.227. The number of rotatable bonds is 4. The number of aromatic nitrogens is 3. The molecule has 0 spiro atoms. The van der Waals surface area contributed by atoms with Gasteiger partial charge in [0.2, 0.25) is 0 Å². The lowest BCUT2D eigenvalue weighted by atomic mass is 9.99. The lowest BCUT2D eigenvalue weighted by Crippen LogP contribution is -2.39. The van der Waals surface area contributed by atoms with E-state index >= 15 is 0 Å². The number of anilines is 1. The fraction of sp³-hybridized carbons (Fsp3) is 0.500. The van der Waals surface area contributed by atoms with Crippen molar-refractivity contribution in [3.05, 3.63) is 34.3 Å². The van der Waals surface area contributed by atoms with Gasteiger partial charge in [-0.15, -0.1) is 0 Å². The van der Waals surface area contributed by atoms with Crippen LogP contribution in [0.2, 0.25) is 0 Å². The first kappa shape index (κ1) is 14.1. The molecule has 6 nitrogen and oxygen atoms in total.